The summed E-state index contributed by atoms with van der Waals surface area (Å²) in [6, 6.07) is -1.82. The van der Waals surface area contributed by atoms with Crippen molar-refractivity contribution >= 4 is 74.3 Å². The van der Waals surface area contributed by atoms with Crippen molar-refractivity contribution in [1.29, 1.82) is 0 Å². The largest absolute Gasteiger partial charge is 2.00 e. The summed E-state index contributed by atoms with van der Waals surface area (Å²) >= 11 is 17.1. The van der Waals surface area contributed by atoms with Gasteiger partial charge in [-0.25, -0.2) is 0 Å². The Hall–Kier alpha value is -0.177. The number of carboxylic acid groups (broad SMARTS) is 2. The van der Waals surface area contributed by atoms with Crippen LogP contribution in [0.3, 0.4) is 0 Å². The van der Waals surface area contributed by atoms with Gasteiger partial charge < -0.3 is 41.9 Å². The van der Waals surface area contributed by atoms with Crippen LogP contribution in [0, 0.1) is 0 Å². The van der Waals surface area contributed by atoms with E-state index in [1.807, 2.05) is 0 Å². The maximum atomic E-state index is 11.7. The van der Waals surface area contributed by atoms with E-state index in [4.69, 9.17) is 11.5 Å². The number of nitrogens with two attached hydrogens (primary N) is 2. The molecule has 43 heavy (non-hydrogen) atoms. The zero-order valence-electron chi connectivity index (χ0n) is 25.6. The summed E-state index contributed by atoms with van der Waals surface area (Å²) in [5.41, 5.74) is 10.7. The first-order valence-electron chi connectivity index (χ1n) is 15.0. The van der Waals surface area contributed by atoms with Crippen LogP contribution in [0.4, 0.5) is 0 Å². The number of carbonyl (C=O) groups excluding carboxylic acids is 4. The Labute approximate surface area is 293 Å². The van der Waals surface area contributed by atoms with Gasteiger partial charge in [-0.05, 0) is 102 Å². The van der Waals surface area contributed by atoms with E-state index >= 15 is 0 Å². The second-order valence-electron chi connectivity index (χ2n) is 10.3. The molecule has 2 amide bonds. The molecule has 0 radical (unpaired) electrons. The van der Waals surface area contributed by atoms with Gasteiger partial charge in [0, 0.05) is 23.3 Å². The number of hydrogen-bond donors (Lipinski definition) is 8. The molecule has 248 valence electrons. The molecule has 0 aromatic heterocycles. The molecule has 0 rings (SSSR count). The van der Waals surface area contributed by atoms with E-state index in [0.29, 0.717) is 62.1 Å². The Kier molecular flexibility index (Phi) is 36.5. The average Bonchev–Trinajstić information content (AvgIpc) is 2.93. The maximum absolute atomic E-state index is 11.7. The number of rotatable bonds is 26. The van der Waals surface area contributed by atoms with E-state index in [1.54, 1.807) is 0 Å². The first kappa shape index (κ1) is 47.2. The van der Waals surface area contributed by atoms with E-state index in [9.17, 15) is 29.4 Å². The molecule has 6 N–H and O–H groups in total. The summed E-state index contributed by atoms with van der Waals surface area (Å²) in [6.07, 6.45) is 11.3. The summed E-state index contributed by atoms with van der Waals surface area (Å²) in [5.74, 6) is -1.31. The second kappa shape index (κ2) is 33.2. The minimum atomic E-state index is -1.23. The van der Waals surface area contributed by atoms with Gasteiger partial charge in [0.1, 0.15) is 0 Å². The quantitative estimate of drug-likeness (QED) is 0.0368. The van der Waals surface area contributed by atoms with Gasteiger partial charge in [-0.2, -0.15) is 50.5 Å². The average molecular weight is 736 g/mol. The van der Waals surface area contributed by atoms with Crippen LogP contribution in [0.2, 0.25) is 0 Å². The van der Waals surface area contributed by atoms with Crippen molar-refractivity contribution in [2.75, 3.05) is 24.6 Å². The van der Waals surface area contributed by atoms with Crippen molar-refractivity contribution in [1.82, 2.24) is 10.6 Å². The summed E-state index contributed by atoms with van der Waals surface area (Å²) in [7, 11) is 0. The number of unbranched alkanes of at least 4 members (excludes halogenated alkanes) is 4. The molecule has 0 aromatic rings. The number of thiol groups is 4. The van der Waals surface area contributed by atoms with E-state index in [-0.39, 0.29) is 31.3 Å². The predicted octanol–water partition coefficient (Wildman–Crippen LogP) is 1.06. The minimum Gasteiger partial charge on any atom is -0.548 e. The van der Waals surface area contributed by atoms with Gasteiger partial charge in [-0.15, -0.1) is 0 Å². The Morgan fingerprint density at radius 3 is 1.16 bits per heavy atom. The summed E-state index contributed by atoms with van der Waals surface area (Å²) < 4.78 is 0. The van der Waals surface area contributed by atoms with Gasteiger partial charge >= 0.3 is 19.5 Å². The molecule has 0 saturated carbocycles. The number of nitrogens with one attached hydrogen (secondary N) is 2. The van der Waals surface area contributed by atoms with Crippen molar-refractivity contribution < 1.29 is 48.9 Å². The van der Waals surface area contributed by atoms with Gasteiger partial charge in [0.15, 0.2) is 0 Å². The maximum Gasteiger partial charge on any atom is 2.00 e. The van der Waals surface area contributed by atoms with E-state index in [1.165, 1.54) is 0 Å². The Balaban J connectivity index is -0.000000727. The summed E-state index contributed by atoms with van der Waals surface area (Å²) in [4.78, 5) is 45.3. The van der Waals surface area contributed by atoms with E-state index in [0.717, 1.165) is 75.7 Å². The van der Waals surface area contributed by atoms with Gasteiger partial charge in [-0.1, -0.05) is 12.8 Å². The molecular formula is C28H54N4O6S4Zn. The molecular weight excluding hydrogens is 682 g/mol. The Morgan fingerprint density at radius 1 is 0.558 bits per heavy atom. The Morgan fingerprint density at radius 2 is 0.884 bits per heavy atom. The minimum absolute atomic E-state index is 0. The van der Waals surface area contributed by atoms with Gasteiger partial charge in [0.05, 0.1) is 24.0 Å². The molecule has 0 aliphatic heterocycles. The topological polar surface area (TPSA) is 190 Å². The first-order valence-corrected chi connectivity index (χ1v) is 17.3. The fourth-order valence-corrected chi connectivity index (χ4v) is 5.59. The Bertz CT molecular complexity index is 673. The summed E-state index contributed by atoms with van der Waals surface area (Å²) in [5, 5.41) is 27.6. The van der Waals surface area contributed by atoms with E-state index in [2.05, 4.69) is 61.1 Å². The molecule has 0 aliphatic carbocycles. The molecule has 0 aliphatic rings. The number of carboxylic acids is 2. The molecule has 0 spiro atoms. The van der Waals surface area contributed by atoms with Crippen LogP contribution in [-0.2, 0) is 38.7 Å². The summed E-state index contributed by atoms with van der Waals surface area (Å²) in [6.45, 7) is 1.04. The molecule has 0 bridgehead atoms. The van der Waals surface area contributed by atoms with Crippen molar-refractivity contribution in [2.45, 2.75) is 125 Å². The van der Waals surface area contributed by atoms with Crippen LogP contribution in [0.15, 0.2) is 0 Å². The zero-order chi connectivity index (χ0) is 32.2. The van der Waals surface area contributed by atoms with Crippen molar-refractivity contribution in [3.05, 3.63) is 0 Å². The third-order valence-corrected chi connectivity index (χ3v) is 7.99. The van der Waals surface area contributed by atoms with Crippen LogP contribution in [0.5, 0.6) is 0 Å². The second-order valence-corrected chi connectivity index (χ2v) is 12.6. The molecule has 15 heteroatoms. The van der Waals surface area contributed by atoms with Crippen molar-refractivity contribution in [2.24, 2.45) is 11.5 Å². The third kappa shape index (κ3) is 31.6. The van der Waals surface area contributed by atoms with Crippen LogP contribution in [0.1, 0.15) is 103 Å². The molecule has 2 unspecified atom stereocenters. The van der Waals surface area contributed by atoms with Crippen molar-refractivity contribution in [3.8, 4) is 0 Å². The molecule has 0 saturated heterocycles. The first-order chi connectivity index (χ1) is 20.0. The fourth-order valence-electron chi connectivity index (χ4n) is 3.93. The molecule has 0 heterocycles. The zero-order valence-corrected chi connectivity index (χ0v) is 32.1. The van der Waals surface area contributed by atoms with Gasteiger partial charge in [0.25, 0.3) is 0 Å². The number of amides is 2. The smallest absolute Gasteiger partial charge is 0.548 e. The molecule has 4 atom stereocenters. The molecule has 0 aromatic carbocycles. The number of hydrogen-bond acceptors (Lipinski definition) is 12. The monoisotopic (exact) mass is 734 g/mol. The van der Waals surface area contributed by atoms with Crippen LogP contribution < -0.4 is 32.3 Å². The fraction of sp³-hybridized carbons (Fsp3) is 0.857. The normalized spacial score (nSPS) is 13.3. The van der Waals surface area contributed by atoms with Crippen LogP contribution in [0.25, 0.3) is 0 Å². The third-order valence-electron chi connectivity index (χ3n) is 6.44. The standard InChI is InChI=1S/2C14H28N2O3S2.Zn/c2*15-9-4-3-6-12(14(18)19)16-13(17)7-2-1-5-11(21)8-10-20;/h2*11-12,20-21H,1-10,15H2,(H,16,17)(H,18,19);/q;;+2/p-2/t2*11?,12-;/m00./s1. The molecule has 10 nitrogen and oxygen atoms in total. The van der Waals surface area contributed by atoms with Gasteiger partial charge in [0.2, 0.25) is 11.8 Å². The van der Waals surface area contributed by atoms with Gasteiger partial charge in [-0.3, -0.25) is 9.59 Å². The van der Waals surface area contributed by atoms with Crippen LogP contribution in [-0.4, -0.2) is 70.9 Å². The number of carbonyl (C=O) groups is 4. The molecule has 0 fully saturated rings. The predicted molar refractivity (Wildman–Crippen MR) is 179 cm³/mol. The number of aliphatic carboxylic acids is 2. The van der Waals surface area contributed by atoms with Crippen LogP contribution >= 0.6 is 50.5 Å². The van der Waals surface area contributed by atoms with E-state index < -0.39 is 24.0 Å². The van der Waals surface area contributed by atoms with Crippen molar-refractivity contribution in [3.63, 3.8) is 0 Å². The SMILES string of the molecule is NCCCC[C@H](NC(=O)CCCCC(S)CCS)C(=O)[O-].NCCCC[C@H](NC(=O)CCCCC(S)CCS)C(=O)[O-].[Zn+2].